The Labute approximate surface area is 169 Å². The van der Waals surface area contributed by atoms with Crippen molar-refractivity contribution in [3.8, 4) is 17.4 Å². The molecule has 0 aliphatic rings. The predicted molar refractivity (Wildman–Crippen MR) is 110 cm³/mol. The zero-order valence-corrected chi connectivity index (χ0v) is 16.4. The number of furan rings is 1. The SMILES string of the molecule is C[C@H](C(=O)Nc1ccccc1C#N)N(C)Cc1ccc(-c2ccc(Cl)cc2)o1. The molecule has 0 unspecified atom stereocenters. The molecule has 0 spiro atoms. The van der Waals surface area contributed by atoms with Crippen LogP contribution in [0.4, 0.5) is 5.69 Å². The summed E-state index contributed by atoms with van der Waals surface area (Å²) in [5.41, 5.74) is 1.89. The monoisotopic (exact) mass is 393 g/mol. The van der Waals surface area contributed by atoms with Gasteiger partial charge in [0.15, 0.2) is 0 Å². The third-order valence-corrected chi connectivity index (χ3v) is 4.79. The van der Waals surface area contributed by atoms with Gasteiger partial charge in [0.2, 0.25) is 5.91 Å². The van der Waals surface area contributed by atoms with E-state index >= 15 is 0 Å². The average molecular weight is 394 g/mol. The molecule has 5 nitrogen and oxygen atoms in total. The van der Waals surface area contributed by atoms with Crippen molar-refractivity contribution < 1.29 is 9.21 Å². The number of likely N-dealkylation sites (N-methyl/N-ethyl adjacent to an activating group) is 1. The molecule has 2 aromatic carbocycles. The fraction of sp³-hybridized carbons (Fsp3) is 0.182. The lowest BCUT2D eigenvalue weighted by Gasteiger charge is -2.23. The number of anilines is 1. The normalized spacial score (nSPS) is 11.8. The number of hydrogen-bond acceptors (Lipinski definition) is 4. The summed E-state index contributed by atoms with van der Waals surface area (Å²) in [6.07, 6.45) is 0. The van der Waals surface area contributed by atoms with Crippen molar-refractivity contribution in [1.29, 1.82) is 5.26 Å². The summed E-state index contributed by atoms with van der Waals surface area (Å²) >= 11 is 5.92. The number of carbonyl (C=O) groups excluding carboxylic acids is 1. The van der Waals surface area contributed by atoms with Crippen molar-refractivity contribution in [3.63, 3.8) is 0 Å². The summed E-state index contributed by atoms with van der Waals surface area (Å²) < 4.78 is 5.91. The second-order valence-electron chi connectivity index (χ2n) is 6.51. The largest absolute Gasteiger partial charge is 0.460 e. The van der Waals surface area contributed by atoms with Gasteiger partial charge in [-0.05, 0) is 62.5 Å². The van der Waals surface area contributed by atoms with Crippen molar-refractivity contribution in [1.82, 2.24) is 4.90 Å². The topological polar surface area (TPSA) is 69.3 Å². The fourth-order valence-corrected chi connectivity index (χ4v) is 2.87. The standard InChI is InChI=1S/C22H20ClN3O2/c1-15(22(27)25-20-6-4-3-5-17(20)13-24)26(2)14-19-11-12-21(28-19)16-7-9-18(23)10-8-16/h3-12,15H,14H2,1-2H3,(H,25,27)/t15-/m1/s1. The van der Waals surface area contributed by atoms with Gasteiger partial charge in [-0.2, -0.15) is 5.26 Å². The molecule has 0 aliphatic heterocycles. The third-order valence-electron chi connectivity index (χ3n) is 4.54. The first-order valence-corrected chi connectivity index (χ1v) is 9.20. The van der Waals surface area contributed by atoms with Crippen LogP contribution in [0.3, 0.4) is 0 Å². The van der Waals surface area contributed by atoms with Gasteiger partial charge in [-0.1, -0.05) is 23.7 Å². The molecule has 1 atom stereocenters. The second kappa shape index (κ2) is 8.75. The molecular formula is C22H20ClN3O2. The number of nitriles is 1. The molecule has 1 amide bonds. The summed E-state index contributed by atoms with van der Waals surface area (Å²) in [6.45, 7) is 2.29. The molecule has 1 heterocycles. The van der Waals surface area contributed by atoms with Gasteiger partial charge in [0, 0.05) is 10.6 Å². The van der Waals surface area contributed by atoms with Crippen molar-refractivity contribution >= 4 is 23.2 Å². The Morgan fingerprint density at radius 3 is 2.61 bits per heavy atom. The van der Waals surface area contributed by atoms with E-state index in [0.29, 0.717) is 22.8 Å². The molecule has 3 aromatic rings. The van der Waals surface area contributed by atoms with E-state index in [9.17, 15) is 4.79 Å². The first-order valence-electron chi connectivity index (χ1n) is 8.83. The van der Waals surface area contributed by atoms with Crippen molar-refractivity contribution in [3.05, 3.63) is 77.0 Å². The Kier molecular flexibility index (Phi) is 6.15. The van der Waals surface area contributed by atoms with Crippen LogP contribution in [0.15, 0.2) is 65.1 Å². The number of amides is 1. The van der Waals surface area contributed by atoms with Gasteiger partial charge in [0.1, 0.15) is 17.6 Å². The number of halogens is 1. The number of nitrogens with zero attached hydrogens (tertiary/aromatic N) is 2. The smallest absolute Gasteiger partial charge is 0.241 e. The molecule has 0 radical (unpaired) electrons. The highest BCUT2D eigenvalue weighted by atomic mass is 35.5. The number of hydrogen-bond donors (Lipinski definition) is 1. The molecule has 0 fully saturated rings. The maximum absolute atomic E-state index is 12.6. The fourth-order valence-electron chi connectivity index (χ4n) is 2.74. The number of benzene rings is 2. The van der Waals surface area contributed by atoms with Crippen LogP contribution in [-0.4, -0.2) is 23.9 Å². The van der Waals surface area contributed by atoms with Crippen LogP contribution in [0.25, 0.3) is 11.3 Å². The minimum atomic E-state index is -0.407. The highest BCUT2D eigenvalue weighted by Gasteiger charge is 2.20. The summed E-state index contributed by atoms with van der Waals surface area (Å²) in [4.78, 5) is 14.4. The van der Waals surface area contributed by atoms with E-state index in [0.717, 1.165) is 17.1 Å². The van der Waals surface area contributed by atoms with Gasteiger partial charge in [0.25, 0.3) is 0 Å². The highest BCUT2D eigenvalue weighted by molar-refractivity contribution is 6.30. The third kappa shape index (κ3) is 4.61. The van der Waals surface area contributed by atoms with E-state index in [1.807, 2.05) is 55.3 Å². The van der Waals surface area contributed by atoms with Gasteiger partial charge in [0.05, 0.1) is 23.8 Å². The molecular weight excluding hydrogens is 374 g/mol. The molecule has 0 saturated carbocycles. The van der Waals surface area contributed by atoms with Gasteiger partial charge in [-0.15, -0.1) is 0 Å². The van der Waals surface area contributed by atoms with Crippen LogP contribution in [0, 0.1) is 11.3 Å². The molecule has 28 heavy (non-hydrogen) atoms. The van der Waals surface area contributed by atoms with E-state index in [4.69, 9.17) is 21.3 Å². The lowest BCUT2D eigenvalue weighted by molar-refractivity contribution is -0.120. The minimum Gasteiger partial charge on any atom is -0.460 e. The molecule has 1 aromatic heterocycles. The summed E-state index contributed by atoms with van der Waals surface area (Å²) in [5, 5.41) is 12.6. The zero-order valence-electron chi connectivity index (χ0n) is 15.6. The summed E-state index contributed by atoms with van der Waals surface area (Å²) in [6, 6.07) is 19.8. The Morgan fingerprint density at radius 2 is 1.89 bits per heavy atom. The van der Waals surface area contributed by atoms with E-state index in [-0.39, 0.29) is 5.91 Å². The van der Waals surface area contributed by atoms with Gasteiger partial charge < -0.3 is 9.73 Å². The maximum atomic E-state index is 12.6. The predicted octanol–water partition coefficient (Wildman–Crippen LogP) is 4.93. The number of rotatable bonds is 6. The van der Waals surface area contributed by atoms with Crippen LogP contribution in [0.2, 0.25) is 5.02 Å². The highest BCUT2D eigenvalue weighted by Crippen LogP contribution is 2.24. The van der Waals surface area contributed by atoms with Gasteiger partial charge >= 0.3 is 0 Å². The first kappa shape index (κ1) is 19.7. The van der Waals surface area contributed by atoms with Crippen molar-refractivity contribution in [2.45, 2.75) is 19.5 Å². The van der Waals surface area contributed by atoms with Crippen LogP contribution in [0.1, 0.15) is 18.2 Å². The van der Waals surface area contributed by atoms with Crippen LogP contribution in [-0.2, 0) is 11.3 Å². The number of para-hydroxylation sites is 1. The Morgan fingerprint density at radius 1 is 1.18 bits per heavy atom. The molecule has 0 aliphatic carbocycles. The molecule has 1 N–H and O–H groups in total. The Bertz CT molecular complexity index is 1010. The molecule has 6 heteroatoms. The molecule has 0 saturated heterocycles. The summed E-state index contributed by atoms with van der Waals surface area (Å²) in [7, 11) is 1.85. The van der Waals surface area contributed by atoms with E-state index < -0.39 is 6.04 Å². The number of nitrogens with one attached hydrogen (secondary N) is 1. The second-order valence-corrected chi connectivity index (χ2v) is 6.95. The van der Waals surface area contributed by atoms with E-state index in [2.05, 4.69) is 11.4 Å². The van der Waals surface area contributed by atoms with Gasteiger partial charge in [-0.25, -0.2) is 0 Å². The average Bonchev–Trinajstić information content (AvgIpc) is 3.16. The first-order chi connectivity index (χ1) is 13.5. The van der Waals surface area contributed by atoms with Crippen LogP contribution < -0.4 is 5.32 Å². The van der Waals surface area contributed by atoms with Crippen molar-refractivity contribution in [2.75, 3.05) is 12.4 Å². The Hall–Kier alpha value is -3.07. The van der Waals surface area contributed by atoms with Crippen molar-refractivity contribution in [2.24, 2.45) is 0 Å². The van der Waals surface area contributed by atoms with E-state index in [1.54, 1.807) is 24.3 Å². The molecule has 0 bridgehead atoms. The molecule has 142 valence electrons. The van der Waals surface area contributed by atoms with Crippen LogP contribution in [0.5, 0.6) is 0 Å². The van der Waals surface area contributed by atoms with Gasteiger partial charge in [-0.3, -0.25) is 9.69 Å². The minimum absolute atomic E-state index is 0.185. The quantitative estimate of drug-likeness (QED) is 0.644. The lowest BCUT2D eigenvalue weighted by atomic mass is 10.2. The lowest BCUT2D eigenvalue weighted by Crippen LogP contribution is -2.39. The van der Waals surface area contributed by atoms with Crippen LogP contribution >= 0.6 is 11.6 Å². The number of carbonyl (C=O) groups is 1. The molecule has 3 rings (SSSR count). The van der Waals surface area contributed by atoms with E-state index in [1.165, 1.54) is 0 Å². The maximum Gasteiger partial charge on any atom is 0.241 e. The summed E-state index contributed by atoms with van der Waals surface area (Å²) in [5.74, 6) is 1.32. The zero-order chi connectivity index (χ0) is 20.1. The Balaban J connectivity index is 1.64.